The van der Waals surface area contributed by atoms with E-state index < -0.39 is 24.3 Å². The smallest absolute Gasteiger partial charge is 0.475 e. The van der Waals surface area contributed by atoms with Gasteiger partial charge in [-0.15, -0.1) is 0 Å². The van der Waals surface area contributed by atoms with Crippen LogP contribution in [0.15, 0.2) is 24.5 Å². The molecular formula is C21H28F6N2O6. The zero-order valence-corrected chi connectivity index (χ0v) is 18.9. The van der Waals surface area contributed by atoms with Crippen molar-refractivity contribution in [2.45, 2.75) is 38.2 Å². The minimum Gasteiger partial charge on any atom is -0.475 e. The summed E-state index contributed by atoms with van der Waals surface area (Å²) in [6.45, 7) is 6.04. The third kappa shape index (κ3) is 10.8. The maximum Gasteiger partial charge on any atom is 0.490 e. The Labute approximate surface area is 197 Å². The molecule has 2 N–H and O–H groups in total. The molecule has 35 heavy (non-hydrogen) atoms. The third-order valence-corrected chi connectivity index (χ3v) is 5.79. The minimum atomic E-state index is -5.08. The van der Waals surface area contributed by atoms with Gasteiger partial charge in [-0.1, -0.05) is 0 Å². The van der Waals surface area contributed by atoms with Gasteiger partial charge in [-0.2, -0.15) is 26.3 Å². The summed E-state index contributed by atoms with van der Waals surface area (Å²) in [4.78, 5) is 24.5. The van der Waals surface area contributed by atoms with Crippen LogP contribution >= 0.6 is 0 Å². The highest BCUT2D eigenvalue weighted by Gasteiger charge is 2.43. The second-order valence-electron chi connectivity index (χ2n) is 8.08. The molecule has 2 aliphatic rings. The van der Waals surface area contributed by atoms with E-state index in [0.717, 1.165) is 26.4 Å². The number of ether oxygens (including phenoxy) is 2. The van der Waals surface area contributed by atoms with Crippen LogP contribution in [0.5, 0.6) is 0 Å². The molecule has 1 aromatic heterocycles. The molecule has 0 bridgehead atoms. The summed E-state index contributed by atoms with van der Waals surface area (Å²) >= 11 is 0. The van der Waals surface area contributed by atoms with Gasteiger partial charge in [-0.05, 0) is 55.5 Å². The van der Waals surface area contributed by atoms with Crippen molar-refractivity contribution in [2.75, 3.05) is 40.0 Å². The Morgan fingerprint density at radius 2 is 1.54 bits per heavy atom. The van der Waals surface area contributed by atoms with E-state index in [0.29, 0.717) is 11.3 Å². The van der Waals surface area contributed by atoms with E-state index in [4.69, 9.17) is 29.3 Å². The number of carboxylic acids is 2. The van der Waals surface area contributed by atoms with Gasteiger partial charge in [0.05, 0.1) is 13.2 Å². The summed E-state index contributed by atoms with van der Waals surface area (Å²) in [7, 11) is 1.81. The van der Waals surface area contributed by atoms with Gasteiger partial charge < -0.3 is 19.7 Å². The number of rotatable bonds is 4. The maximum absolute atomic E-state index is 10.6. The highest BCUT2D eigenvalue weighted by atomic mass is 19.4. The molecule has 2 saturated heterocycles. The molecule has 200 valence electrons. The number of piperidine rings is 1. The molecule has 1 spiro atoms. The lowest BCUT2D eigenvalue weighted by molar-refractivity contribution is -0.193. The number of aliphatic carboxylic acids is 2. The van der Waals surface area contributed by atoms with Crippen molar-refractivity contribution >= 4 is 11.9 Å². The van der Waals surface area contributed by atoms with Crippen LogP contribution < -0.4 is 0 Å². The number of nitrogens with zero attached hydrogens (tertiary/aromatic N) is 2. The number of halogens is 6. The average Bonchev–Trinajstić information content (AvgIpc) is 2.77. The fourth-order valence-electron chi connectivity index (χ4n) is 3.87. The SMILES string of the molecule is COCC1COCCC12CCN(Cc1ccncc1)CC2.O=C(O)C(F)(F)F.O=C(O)C(F)(F)F. The van der Waals surface area contributed by atoms with Crippen molar-refractivity contribution in [2.24, 2.45) is 11.3 Å². The molecule has 1 atom stereocenters. The molecule has 0 aromatic carbocycles. The molecule has 3 heterocycles. The van der Waals surface area contributed by atoms with Crippen molar-refractivity contribution in [3.8, 4) is 0 Å². The number of hydrogen-bond acceptors (Lipinski definition) is 6. The van der Waals surface area contributed by atoms with Crippen molar-refractivity contribution in [3.05, 3.63) is 30.1 Å². The van der Waals surface area contributed by atoms with E-state index in [-0.39, 0.29) is 0 Å². The van der Waals surface area contributed by atoms with Crippen LogP contribution in [-0.4, -0.2) is 84.4 Å². The van der Waals surface area contributed by atoms with E-state index >= 15 is 0 Å². The summed E-state index contributed by atoms with van der Waals surface area (Å²) in [6.07, 6.45) is -2.66. The van der Waals surface area contributed by atoms with Gasteiger partial charge in [0.15, 0.2) is 0 Å². The number of pyridine rings is 1. The zero-order valence-electron chi connectivity index (χ0n) is 18.9. The van der Waals surface area contributed by atoms with Gasteiger partial charge in [0, 0.05) is 38.6 Å². The summed E-state index contributed by atoms with van der Waals surface area (Å²) in [5.74, 6) is -4.95. The highest BCUT2D eigenvalue weighted by Crippen LogP contribution is 2.44. The summed E-state index contributed by atoms with van der Waals surface area (Å²) in [5.41, 5.74) is 1.81. The summed E-state index contributed by atoms with van der Waals surface area (Å²) in [6, 6.07) is 4.24. The molecular weight excluding hydrogens is 490 g/mol. The first-order chi connectivity index (χ1) is 16.2. The van der Waals surface area contributed by atoms with Crippen LogP contribution in [0.4, 0.5) is 26.3 Å². The Kier molecular flexibility index (Phi) is 11.9. The van der Waals surface area contributed by atoms with Gasteiger partial charge >= 0.3 is 24.3 Å². The molecule has 2 aliphatic heterocycles. The fraction of sp³-hybridized carbons (Fsp3) is 0.667. The quantitative estimate of drug-likeness (QED) is 0.582. The Morgan fingerprint density at radius 3 is 1.97 bits per heavy atom. The lowest BCUT2D eigenvalue weighted by Crippen LogP contribution is -2.49. The molecule has 3 rings (SSSR count). The van der Waals surface area contributed by atoms with Gasteiger partial charge in [0.25, 0.3) is 0 Å². The normalized spacial score (nSPS) is 20.1. The van der Waals surface area contributed by atoms with Crippen LogP contribution in [0.3, 0.4) is 0 Å². The van der Waals surface area contributed by atoms with Crippen molar-refractivity contribution in [1.82, 2.24) is 9.88 Å². The maximum atomic E-state index is 10.6. The third-order valence-electron chi connectivity index (χ3n) is 5.79. The molecule has 8 nitrogen and oxygen atoms in total. The first-order valence-corrected chi connectivity index (χ1v) is 10.5. The number of carbonyl (C=O) groups is 2. The van der Waals surface area contributed by atoms with Crippen LogP contribution in [-0.2, 0) is 25.6 Å². The molecule has 0 aliphatic carbocycles. The van der Waals surface area contributed by atoms with E-state index in [1.165, 1.54) is 37.9 Å². The van der Waals surface area contributed by atoms with Gasteiger partial charge in [-0.3, -0.25) is 9.88 Å². The van der Waals surface area contributed by atoms with Crippen LogP contribution in [0.1, 0.15) is 24.8 Å². The monoisotopic (exact) mass is 518 g/mol. The number of aromatic nitrogens is 1. The fourth-order valence-corrected chi connectivity index (χ4v) is 3.87. The minimum absolute atomic E-state index is 0.447. The molecule has 14 heteroatoms. The predicted octanol–water partition coefficient (Wildman–Crippen LogP) is 3.61. The number of alkyl halides is 6. The van der Waals surface area contributed by atoms with Crippen LogP contribution in [0, 0.1) is 11.3 Å². The molecule has 1 unspecified atom stereocenters. The zero-order chi connectivity index (χ0) is 26.7. The molecule has 0 saturated carbocycles. The Hall–Kier alpha value is -2.45. The second-order valence-corrected chi connectivity index (χ2v) is 8.08. The lowest BCUT2D eigenvalue weighted by atomic mass is 9.66. The van der Waals surface area contributed by atoms with E-state index in [1.54, 1.807) is 7.11 Å². The highest BCUT2D eigenvalue weighted by molar-refractivity contribution is 5.73. The van der Waals surface area contributed by atoms with Crippen LogP contribution in [0.25, 0.3) is 0 Å². The van der Waals surface area contributed by atoms with Gasteiger partial charge in [0.2, 0.25) is 0 Å². The second kappa shape index (κ2) is 13.6. The van der Waals surface area contributed by atoms with Gasteiger partial charge in [0.1, 0.15) is 0 Å². The molecule has 1 aromatic rings. The molecule has 0 radical (unpaired) electrons. The standard InChI is InChI=1S/C17H26N2O2.2C2HF3O2/c1-20-13-16-14-21-11-6-17(16)4-9-19(10-5-17)12-15-2-7-18-8-3-15;2*3-2(4,5)1(6)7/h2-3,7-8,16H,4-6,9-14H2,1H3;2*(H,6,7). The number of carboxylic acid groups (broad SMARTS) is 2. The Bertz CT molecular complexity index is 757. The van der Waals surface area contributed by atoms with Crippen LogP contribution in [0.2, 0.25) is 0 Å². The predicted molar refractivity (Wildman–Crippen MR) is 109 cm³/mol. The van der Waals surface area contributed by atoms with Crippen molar-refractivity contribution < 1.29 is 55.6 Å². The van der Waals surface area contributed by atoms with E-state index in [9.17, 15) is 26.3 Å². The summed E-state index contributed by atoms with van der Waals surface area (Å²) in [5, 5.41) is 14.2. The Morgan fingerprint density at radius 1 is 1.06 bits per heavy atom. The summed E-state index contributed by atoms with van der Waals surface area (Å²) < 4.78 is 74.6. The number of likely N-dealkylation sites (tertiary alicyclic amines) is 1. The molecule has 2 fully saturated rings. The van der Waals surface area contributed by atoms with Gasteiger partial charge in [-0.25, -0.2) is 9.59 Å². The number of methoxy groups -OCH3 is 1. The lowest BCUT2D eigenvalue weighted by Gasteiger charge is -2.49. The average molecular weight is 518 g/mol. The largest absolute Gasteiger partial charge is 0.490 e. The molecule has 0 amide bonds. The topological polar surface area (TPSA) is 109 Å². The Balaban J connectivity index is 0.000000362. The van der Waals surface area contributed by atoms with Crippen molar-refractivity contribution in [1.29, 1.82) is 0 Å². The van der Waals surface area contributed by atoms with E-state index in [2.05, 4.69) is 22.0 Å². The number of hydrogen-bond donors (Lipinski definition) is 2. The van der Waals surface area contributed by atoms with E-state index in [1.807, 2.05) is 12.4 Å². The first kappa shape index (κ1) is 30.6. The van der Waals surface area contributed by atoms with Crippen molar-refractivity contribution in [3.63, 3.8) is 0 Å². The first-order valence-electron chi connectivity index (χ1n) is 10.5.